The summed E-state index contributed by atoms with van der Waals surface area (Å²) in [6.07, 6.45) is 4.42. The Morgan fingerprint density at radius 3 is 2.65 bits per heavy atom. The van der Waals surface area contributed by atoms with Gasteiger partial charge in [0.15, 0.2) is 0 Å². The number of nitrogens with zero attached hydrogens (tertiary/aromatic N) is 1. The summed E-state index contributed by atoms with van der Waals surface area (Å²) in [6, 6.07) is 5.32. The summed E-state index contributed by atoms with van der Waals surface area (Å²) >= 11 is 8.19. The number of hydrogen-bond acceptors (Lipinski definition) is 2. The lowest BCUT2D eigenvalue weighted by Gasteiger charge is -2.22. The number of benzene rings is 1. The SMILES string of the molecule is CCCCCCN(CCO)C(=O)c1ccc(I)c(Cl)c1. The summed E-state index contributed by atoms with van der Waals surface area (Å²) in [5.41, 5.74) is 0.583. The number of unbranched alkanes of at least 4 members (excludes halogenated alkanes) is 3. The van der Waals surface area contributed by atoms with E-state index in [9.17, 15) is 4.79 Å². The van der Waals surface area contributed by atoms with E-state index in [0.29, 0.717) is 23.7 Å². The molecule has 0 saturated carbocycles. The van der Waals surface area contributed by atoms with E-state index in [1.54, 1.807) is 17.0 Å². The van der Waals surface area contributed by atoms with Gasteiger partial charge in [0.25, 0.3) is 5.91 Å². The van der Waals surface area contributed by atoms with Crippen molar-refractivity contribution in [3.8, 4) is 0 Å². The highest BCUT2D eigenvalue weighted by Crippen LogP contribution is 2.20. The van der Waals surface area contributed by atoms with Gasteiger partial charge in [0.2, 0.25) is 0 Å². The summed E-state index contributed by atoms with van der Waals surface area (Å²) < 4.78 is 0.928. The van der Waals surface area contributed by atoms with Crippen LogP contribution in [0.25, 0.3) is 0 Å². The van der Waals surface area contributed by atoms with Crippen LogP contribution >= 0.6 is 34.2 Å². The monoisotopic (exact) mass is 409 g/mol. The average Bonchev–Trinajstić information content (AvgIpc) is 2.44. The zero-order chi connectivity index (χ0) is 15.0. The van der Waals surface area contributed by atoms with Crippen molar-refractivity contribution in [2.75, 3.05) is 19.7 Å². The Morgan fingerprint density at radius 1 is 1.30 bits per heavy atom. The molecule has 0 aliphatic carbocycles. The smallest absolute Gasteiger partial charge is 0.253 e. The van der Waals surface area contributed by atoms with Gasteiger partial charge in [-0.25, -0.2) is 0 Å². The van der Waals surface area contributed by atoms with Crippen LogP contribution in [0.3, 0.4) is 0 Å². The van der Waals surface area contributed by atoms with E-state index in [-0.39, 0.29) is 12.5 Å². The number of halogens is 2. The number of aliphatic hydroxyl groups excluding tert-OH is 1. The highest BCUT2D eigenvalue weighted by atomic mass is 127. The van der Waals surface area contributed by atoms with Gasteiger partial charge in [-0.05, 0) is 47.2 Å². The molecule has 0 unspecified atom stereocenters. The Balaban J connectivity index is 2.69. The maximum Gasteiger partial charge on any atom is 0.253 e. The quantitative estimate of drug-likeness (QED) is 0.521. The molecule has 112 valence electrons. The molecule has 20 heavy (non-hydrogen) atoms. The Kier molecular flexibility index (Phi) is 8.49. The Bertz CT molecular complexity index is 440. The fourth-order valence-corrected chi connectivity index (χ4v) is 2.49. The van der Waals surface area contributed by atoms with Crippen molar-refractivity contribution in [3.63, 3.8) is 0 Å². The molecule has 0 saturated heterocycles. The van der Waals surface area contributed by atoms with Gasteiger partial charge in [-0.2, -0.15) is 0 Å². The number of hydrogen-bond donors (Lipinski definition) is 1. The van der Waals surface area contributed by atoms with Crippen molar-refractivity contribution >= 4 is 40.1 Å². The van der Waals surface area contributed by atoms with Crippen LogP contribution in [0.4, 0.5) is 0 Å². The van der Waals surface area contributed by atoms with Crippen molar-refractivity contribution in [1.29, 1.82) is 0 Å². The summed E-state index contributed by atoms with van der Waals surface area (Å²) in [5.74, 6) is -0.0613. The molecule has 0 atom stereocenters. The van der Waals surface area contributed by atoms with Gasteiger partial charge in [-0.1, -0.05) is 37.8 Å². The minimum absolute atomic E-state index is 0.0163. The molecule has 5 heteroatoms. The fraction of sp³-hybridized carbons (Fsp3) is 0.533. The maximum atomic E-state index is 12.4. The van der Waals surface area contributed by atoms with E-state index in [2.05, 4.69) is 29.5 Å². The van der Waals surface area contributed by atoms with Crippen molar-refractivity contribution in [1.82, 2.24) is 4.90 Å². The molecule has 0 spiro atoms. The first-order chi connectivity index (χ1) is 9.60. The van der Waals surface area contributed by atoms with Crippen LogP contribution in [0, 0.1) is 3.57 Å². The highest BCUT2D eigenvalue weighted by molar-refractivity contribution is 14.1. The first-order valence-electron chi connectivity index (χ1n) is 6.95. The molecule has 0 aliphatic heterocycles. The number of carbonyl (C=O) groups is 1. The Labute approximate surface area is 139 Å². The van der Waals surface area contributed by atoms with Crippen LogP contribution in [-0.2, 0) is 0 Å². The normalized spacial score (nSPS) is 10.6. The fourth-order valence-electron chi connectivity index (χ4n) is 1.98. The van der Waals surface area contributed by atoms with Crippen molar-refractivity contribution in [2.24, 2.45) is 0 Å². The molecule has 1 aromatic carbocycles. The average molecular weight is 410 g/mol. The number of rotatable bonds is 8. The van der Waals surface area contributed by atoms with Crippen molar-refractivity contribution in [2.45, 2.75) is 32.6 Å². The van der Waals surface area contributed by atoms with Crippen LogP contribution in [-0.4, -0.2) is 35.6 Å². The molecule has 0 fully saturated rings. The van der Waals surface area contributed by atoms with Gasteiger partial charge in [0, 0.05) is 22.2 Å². The third-order valence-electron chi connectivity index (χ3n) is 3.11. The zero-order valence-corrected chi connectivity index (χ0v) is 14.7. The van der Waals surface area contributed by atoms with E-state index in [1.807, 2.05) is 6.07 Å². The van der Waals surface area contributed by atoms with Gasteiger partial charge >= 0.3 is 0 Å². The van der Waals surface area contributed by atoms with Crippen LogP contribution in [0.1, 0.15) is 43.0 Å². The van der Waals surface area contributed by atoms with Crippen LogP contribution < -0.4 is 0 Å². The Morgan fingerprint density at radius 2 is 2.05 bits per heavy atom. The lowest BCUT2D eigenvalue weighted by atomic mass is 10.1. The van der Waals surface area contributed by atoms with Gasteiger partial charge in [0.05, 0.1) is 11.6 Å². The molecule has 0 bridgehead atoms. The molecule has 1 rings (SSSR count). The second-order valence-electron chi connectivity index (χ2n) is 4.71. The second-order valence-corrected chi connectivity index (χ2v) is 6.27. The first-order valence-corrected chi connectivity index (χ1v) is 8.41. The van der Waals surface area contributed by atoms with Gasteiger partial charge in [-0.3, -0.25) is 4.79 Å². The topological polar surface area (TPSA) is 40.5 Å². The van der Waals surface area contributed by atoms with E-state index in [4.69, 9.17) is 16.7 Å². The number of aliphatic hydroxyl groups is 1. The molecule has 0 radical (unpaired) electrons. The molecule has 0 aromatic heterocycles. The first kappa shape index (κ1) is 17.7. The molecular weight excluding hydrogens is 389 g/mol. The summed E-state index contributed by atoms with van der Waals surface area (Å²) in [4.78, 5) is 14.1. The third-order valence-corrected chi connectivity index (χ3v) is 4.68. The van der Waals surface area contributed by atoms with Gasteiger partial charge in [-0.15, -0.1) is 0 Å². The lowest BCUT2D eigenvalue weighted by molar-refractivity contribution is 0.0718. The summed E-state index contributed by atoms with van der Waals surface area (Å²) in [7, 11) is 0. The van der Waals surface area contributed by atoms with Gasteiger partial charge in [0.1, 0.15) is 0 Å². The largest absolute Gasteiger partial charge is 0.395 e. The van der Waals surface area contributed by atoms with Crippen molar-refractivity contribution in [3.05, 3.63) is 32.4 Å². The van der Waals surface area contributed by atoms with Crippen LogP contribution in [0.15, 0.2) is 18.2 Å². The molecule has 0 heterocycles. The summed E-state index contributed by atoms with van der Waals surface area (Å²) in [6.45, 7) is 3.19. The van der Waals surface area contributed by atoms with E-state index < -0.39 is 0 Å². The standard InChI is InChI=1S/C15H21ClINO2/c1-2-3-4-5-8-18(9-10-19)15(20)12-6-7-14(17)13(16)11-12/h6-7,11,19H,2-5,8-10H2,1H3. The molecule has 1 amide bonds. The zero-order valence-electron chi connectivity index (χ0n) is 11.7. The minimum Gasteiger partial charge on any atom is -0.395 e. The minimum atomic E-state index is -0.0613. The summed E-state index contributed by atoms with van der Waals surface area (Å²) in [5, 5.41) is 9.70. The van der Waals surface area contributed by atoms with E-state index in [0.717, 1.165) is 16.4 Å². The molecule has 1 aromatic rings. The second kappa shape index (κ2) is 9.58. The molecule has 1 N–H and O–H groups in total. The third kappa shape index (κ3) is 5.58. The molecule has 3 nitrogen and oxygen atoms in total. The van der Waals surface area contributed by atoms with Crippen LogP contribution in [0.2, 0.25) is 5.02 Å². The van der Waals surface area contributed by atoms with Crippen LogP contribution in [0.5, 0.6) is 0 Å². The lowest BCUT2D eigenvalue weighted by Crippen LogP contribution is -2.34. The maximum absolute atomic E-state index is 12.4. The van der Waals surface area contributed by atoms with E-state index in [1.165, 1.54) is 12.8 Å². The number of amides is 1. The predicted octanol–water partition coefficient (Wildman–Crippen LogP) is 3.96. The molecular formula is C15H21ClINO2. The van der Waals surface area contributed by atoms with E-state index >= 15 is 0 Å². The predicted molar refractivity (Wildman–Crippen MR) is 91.3 cm³/mol. The van der Waals surface area contributed by atoms with Crippen molar-refractivity contribution < 1.29 is 9.90 Å². The number of carbonyl (C=O) groups excluding carboxylic acids is 1. The molecule has 0 aliphatic rings. The van der Waals surface area contributed by atoms with Gasteiger partial charge < -0.3 is 10.0 Å². The Hall–Kier alpha value is -0.330. The highest BCUT2D eigenvalue weighted by Gasteiger charge is 2.15.